The lowest BCUT2D eigenvalue weighted by Crippen LogP contribution is -2.23. The van der Waals surface area contributed by atoms with Gasteiger partial charge < -0.3 is 14.8 Å². The summed E-state index contributed by atoms with van der Waals surface area (Å²) in [5, 5.41) is 2.63. The highest BCUT2D eigenvalue weighted by molar-refractivity contribution is 7.89. The minimum atomic E-state index is -3.63. The Kier molecular flexibility index (Phi) is 6.23. The van der Waals surface area contributed by atoms with E-state index >= 15 is 0 Å². The van der Waals surface area contributed by atoms with Crippen LogP contribution in [0, 0.1) is 6.92 Å². The van der Waals surface area contributed by atoms with E-state index in [1.54, 1.807) is 6.07 Å². The fourth-order valence-electron chi connectivity index (χ4n) is 2.20. The van der Waals surface area contributed by atoms with E-state index in [2.05, 4.69) is 5.32 Å². The molecule has 0 saturated carbocycles. The topological polar surface area (TPSA) is 84.9 Å². The monoisotopic (exact) mass is 378 g/mol. The van der Waals surface area contributed by atoms with Gasteiger partial charge in [0.15, 0.2) is 6.61 Å². The smallest absolute Gasteiger partial charge is 0.262 e. The Balaban J connectivity index is 2.17. The van der Waals surface area contributed by atoms with Gasteiger partial charge in [-0.3, -0.25) is 4.79 Å². The lowest BCUT2D eigenvalue weighted by atomic mass is 10.2. The van der Waals surface area contributed by atoms with E-state index in [1.165, 1.54) is 39.4 Å². The number of rotatable bonds is 7. The molecule has 0 radical (unpaired) electrons. The summed E-state index contributed by atoms with van der Waals surface area (Å²) < 4.78 is 36.3. The van der Waals surface area contributed by atoms with Crippen LogP contribution in [0.5, 0.6) is 11.5 Å². The minimum Gasteiger partial charge on any atom is -0.495 e. The number of anilines is 1. The lowest BCUT2D eigenvalue weighted by Gasteiger charge is -2.15. The number of nitrogens with zero attached hydrogens (tertiary/aromatic N) is 1. The third-order valence-electron chi connectivity index (χ3n) is 3.68. The Morgan fingerprint density at radius 1 is 1.12 bits per heavy atom. The van der Waals surface area contributed by atoms with Crippen molar-refractivity contribution in [3.8, 4) is 11.5 Å². The molecule has 1 N–H and O–H groups in total. The van der Waals surface area contributed by atoms with Crippen LogP contribution in [0.1, 0.15) is 5.56 Å². The van der Waals surface area contributed by atoms with E-state index in [9.17, 15) is 13.2 Å². The van der Waals surface area contributed by atoms with E-state index in [4.69, 9.17) is 9.47 Å². The molecule has 0 aliphatic carbocycles. The van der Waals surface area contributed by atoms with Crippen LogP contribution in [0.2, 0.25) is 0 Å². The van der Waals surface area contributed by atoms with Crippen LogP contribution in [0.4, 0.5) is 5.69 Å². The normalized spacial score (nSPS) is 11.3. The molecule has 1 amide bonds. The van der Waals surface area contributed by atoms with Crippen molar-refractivity contribution in [3.05, 3.63) is 48.0 Å². The Morgan fingerprint density at radius 3 is 2.42 bits per heavy atom. The average Bonchev–Trinajstić information content (AvgIpc) is 2.60. The molecule has 2 rings (SSSR count). The fourth-order valence-corrected chi connectivity index (χ4v) is 3.13. The number of benzene rings is 2. The molecule has 2 aromatic carbocycles. The van der Waals surface area contributed by atoms with Crippen molar-refractivity contribution >= 4 is 21.6 Å². The fraction of sp³-hybridized carbons (Fsp3) is 0.278. The van der Waals surface area contributed by atoms with E-state index in [0.29, 0.717) is 11.5 Å². The largest absolute Gasteiger partial charge is 0.495 e. The number of ether oxygens (including phenoxy) is 2. The zero-order valence-electron chi connectivity index (χ0n) is 15.1. The molecule has 0 fully saturated rings. The zero-order valence-corrected chi connectivity index (χ0v) is 16.0. The van der Waals surface area contributed by atoms with E-state index < -0.39 is 15.9 Å². The minimum absolute atomic E-state index is 0.0541. The Labute approximate surface area is 153 Å². The predicted molar refractivity (Wildman–Crippen MR) is 99.2 cm³/mol. The molecule has 0 spiro atoms. The molecular weight excluding hydrogens is 356 g/mol. The Hall–Kier alpha value is -2.58. The number of carbonyl (C=O) groups excluding carboxylic acids is 1. The molecule has 26 heavy (non-hydrogen) atoms. The number of sulfonamides is 1. The van der Waals surface area contributed by atoms with Crippen molar-refractivity contribution in [1.82, 2.24) is 4.31 Å². The van der Waals surface area contributed by atoms with Crippen LogP contribution in [-0.2, 0) is 14.8 Å². The summed E-state index contributed by atoms with van der Waals surface area (Å²) in [6, 6.07) is 11.6. The van der Waals surface area contributed by atoms with Crippen molar-refractivity contribution in [2.75, 3.05) is 33.1 Å². The second kappa shape index (κ2) is 8.20. The summed E-state index contributed by atoms with van der Waals surface area (Å²) in [7, 11) is 0.690. The molecule has 0 unspecified atom stereocenters. The van der Waals surface area contributed by atoms with Gasteiger partial charge in [0.1, 0.15) is 11.5 Å². The maximum atomic E-state index is 12.3. The lowest BCUT2D eigenvalue weighted by molar-refractivity contribution is -0.118. The molecule has 0 aromatic heterocycles. The van der Waals surface area contributed by atoms with Gasteiger partial charge in [-0.15, -0.1) is 0 Å². The third kappa shape index (κ3) is 4.53. The Bertz CT molecular complexity index is 894. The quantitative estimate of drug-likeness (QED) is 0.799. The van der Waals surface area contributed by atoms with E-state index in [1.807, 2.05) is 25.1 Å². The second-order valence-corrected chi connectivity index (χ2v) is 7.90. The molecule has 140 valence electrons. The molecule has 8 heteroatoms. The van der Waals surface area contributed by atoms with Gasteiger partial charge in [0.25, 0.3) is 5.91 Å². The van der Waals surface area contributed by atoms with Crippen molar-refractivity contribution in [1.29, 1.82) is 0 Å². The van der Waals surface area contributed by atoms with Crippen LogP contribution in [0.15, 0.2) is 47.4 Å². The van der Waals surface area contributed by atoms with E-state index in [-0.39, 0.29) is 17.2 Å². The van der Waals surface area contributed by atoms with Gasteiger partial charge in [0, 0.05) is 14.1 Å². The number of amides is 1. The van der Waals surface area contributed by atoms with Crippen molar-refractivity contribution in [2.24, 2.45) is 0 Å². The molecule has 0 heterocycles. The van der Waals surface area contributed by atoms with Gasteiger partial charge in [-0.25, -0.2) is 12.7 Å². The van der Waals surface area contributed by atoms with Crippen molar-refractivity contribution in [2.45, 2.75) is 11.8 Å². The van der Waals surface area contributed by atoms with Gasteiger partial charge in [-0.05, 0) is 36.8 Å². The first-order valence-electron chi connectivity index (χ1n) is 7.84. The maximum Gasteiger partial charge on any atom is 0.262 e. The summed E-state index contributed by atoms with van der Waals surface area (Å²) in [6.45, 7) is 1.67. The summed E-state index contributed by atoms with van der Waals surface area (Å²) in [6.07, 6.45) is 0. The summed E-state index contributed by atoms with van der Waals surface area (Å²) in [5.74, 6) is 0.538. The van der Waals surface area contributed by atoms with Crippen LogP contribution in [0.25, 0.3) is 0 Å². The SMILES string of the molecule is COc1ccc(S(=O)(=O)N(C)C)cc1NC(=O)COc1ccccc1C. The average molecular weight is 378 g/mol. The zero-order chi connectivity index (χ0) is 19.3. The highest BCUT2D eigenvalue weighted by Gasteiger charge is 2.20. The first-order valence-corrected chi connectivity index (χ1v) is 9.28. The van der Waals surface area contributed by atoms with Gasteiger partial charge in [-0.1, -0.05) is 18.2 Å². The number of para-hydroxylation sites is 1. The summed E-state index contributed by atoms with van der Waals surface area (Å²) in [5.41, 5.74) is 1.17. The van der Waals surface area contributed by atoms with Gasteiger partial charge in [0.2, 0.25) is 10.0 Å². The molecule has 0 aliphatic heterocycles. The van der Waals surface area contributed by atoms with Crippen LogP contribution < -0.4 is 14.8 Å². The molecule has 7 nitrogen and oxygen atoms in total. The first-order chi connectivity index (χ1) is 12.3. The van der Waals surface area contributed by atoms with Crippen LogP contribution >= 0.6 is 0 Å². The van der Waals surface area contributed by atoms with Gasteiger partial charge >= 0.3 is 0 Å². The highest BCUT2D eigenvalue weighted by Crippen LogP contribution is 2.28. The van der Waals surface area contributed by atoms with Crippen LogP contribution in [-0.4, -0.2) is 46.4 Å². The van der Waals surface area contributed by atoms with Gasteiger partial charge in [-0.2, -0.15) is 0 Å². The maximum absolute atomic E-state index is 12.3. The number of hydrogen-bond acceptors (Lipinski definition) is 5. The predicted octanol–water partition coefficient (Wildman–Crippen LogP) is 2.27. The van der Waals surface area contributed by atoms with E-state index in [0.717, 1.165) is 9.87 Å². The molecule has 0 aliphatic rings. The first kappa shape index (κ1) is 19.7. The highest BCUT2D eigenvalue weighted by atomic mass is 32.2. The van der Waals surface area contributed by atoms with Crippen LogP contribution in [0.3, 0.4) is 0 Å². The molecule has 0 atom stereocenters. The molecule has 0 saturated heterocycles. The summed E-state index contributed by atoms with van der Waals surface area (Å²) in [4.78, 5) is 12.3. The second-order valence-electron chi connectivity index (χ2n) is 5.75. The third-order valence-corrected chi connectivity index (χ3v) is 5.49. The number of nitrogens with one attached hydrogen (secondary N) is 1. The summed E-state index contributed by atoms with van der Waals surface area (Å²) >= 11 is 0. The number of aryl methyl sites for hydroxylation is 1. The number of hydrogen-bond donors (Lipinski definition) is 1. The molecule has 0 bridgehead atoms. The number of carbonyl (C=O) groups is 1. The van der Waals surface area contributed by atoms with Crippen molar-refractivity contribution in [3.63, 3.8) is 0 Å². The molecular formula is C18H22N2O5S. The number of methoxy groups -OCH3 is 1. The molecule has 2 aromatic rings. The Morgan fingerprint density at radius 2 is 1.81 bits per heavy atom. The van der Waals surface area contributed by atoms with Crippen molar-refractivity contribution < 1.29 is 22.7 Å². The standard InChI is InChI=1S/C18H22N2O5S/c1-13-7-5-6-8-16(13)25-12-18(21)19-15-11-14(9-10-17(15)24-4)26(22,23)20(2)3/h5-11H,12H2,1-4H3,(H,19,21). The van der Waals surface area contributed by atoms with Gasteiger partial charge in [0.05, 0.1) is 17.7 Å².